The number of aromatic nitrogens is 1. The Bertz CT molecular complexity index is 1030. The summed E-state index contributed by atoms with van der Waals surface area (Å²) in [5.74, 6) is -0.357. The van der Waals surface area contributed by atoms with Gasteiger partial charge in [-0.1, -0.05) is 31.2 Å². The first-order chi connectivity index (χ1) is 12.1. The number of amides is 1. The molecule has 0 spiro atoms. The second kappa shape index (κ2) is 5.88. The minimum absolute atomic E-state index is 0.193. The number of nitrogens with one attached hydrogen (secondary N) is 1. The number of nitrogens with zero attached hydrogens (tertiary/aromatic N) is 1. The molecule has 0 saturated carbocycles. The zero-order valence-electron chi connectivity index (χ0n) is 14.4. The molecule has 0 saturated heterocycles. The number of para-hydroxylation sites is 1. The Hall–Kier alpha value is -2.88. The molecule has 2 aromatic carbocycles. The Kier molecular flexibility index (Phi) is 3.68. The number of carbonyl (C=O) groups excluding carboxylic acids is 1. The van der Waals surface area contributed by atoms with Gasteiger partial charge in [-0.05, 0) is 49.1 Å². The molecule has 4 nitrogen and oxygen atoms in total. The normalized spacial score (nSPS) is 15.5. The minimum Gasteiger partial charge on any atom is -0.343 e. The summed E-state index contributed by atoms with van der Waals surface area (Å²) < 4.78 is 2.06. The van der Waals surface area contributed by atoms with Gasteiger partial charge in [0.05, 0.1) is 5.52 Å². The lowest BCUT2D eigenvalue weighted by Crippen LogP contribution is -2.23. The number of hydrogen-bond acceptors (Lipinski definition) is 2. The van der Waals surface area contributed by atoms with Crippen molar-refractivity contribution >= 4 is 22.5 Å². The third-order valence-electron chi connectivity index (χ3n) is 4.99. The molecule has 1 aromatic heterocycles. The van der Waals surface area contributed by atoms with Crippen LogP contribution in [0, 0.1) is 0 Å². The molecule has 1 aliphatic heterocycles. The highest BCUT2D eigenvalue weighted by atomic mass is 16.2. The van der Waals surface area contributed by atoms with E-state index in [1.54, 1.807) is 6.20 Å². The van der Waals surface area contributed by atoms with Crippen LogP contribution in [0.2, 0.25) is 0 Å². The molecular formula is C21H20N2O2. The fourth-order valence-electron chi connectivity index (χ4n) is 3.60. The van der Waals surface area contributed by atoms with Gasteiger partial charge < -0.3 is 9.88 Å². The van der Waals surface area contributed by atoms with Gasteiger partial charge in [0.2, 0.25) is 5.43 Å². The first-order valence-electron chi connectivity index (χ1n) is 8.65. The highest BCUT2D eigenvalue weighted by Gasteiger charge is 2.24. The van der Waals surface area contributed by atoms with E-state index < -0.39 is 0 Å². The Morgan fingerprint density at radius 2 is 1.96 bits per heavy atom. The van der Waals surface area contributed by atoms with Gasteiger partial charge in [0.1, 0.15) is 5.56 Å². The lowest BCUT2D eigenvalue weighted by Gasteiger charge is -2.13. The second-order valence-electron chi connectivity index (χ2n) is 6.65. The van der Waals surface area contributed by atoms with Gasteiger partial charge in [-0.3, -0.25) is 9.59 Å². The molecule has 2 heterocycles. The Labute approximate surface area is 146 Å². The van der Waals surface area contributed by atoms with Crippen LogP contribution in [0.15, 0.2) is 53.5 Å². The average Bonchev–Trinajstić information content (AvgIpc) is 2.95. The zero-order valence-corrected chi connectivity index (χ0v) is 14.4. The van der Waals surface area contributed by atoms with Crippen LogP contribution in [0.4, 0.5) is 5.69 Å². The topological polar surface area (TPSA) is 51.1 Å². The molecule has 0 fully saturated rings. The molecular weight excluding hydrogens is 312 g/mol. The van der Waals surface area contributed by atoms with Crippen molar-refractivity contribution in [2.24, 2.45) is 0 Å². The molecule has 0 aliphatic carbocycles. The van der Waals surface area contributed by atoms with Crippen molar-refractivity contribution in [1.82, 2.24) is 4.57 Å². The van der Waals surface area contributed by atoms with Gasteiger partial charge in [-0.2, -0.15) is 0 Å². The van der Waals surface area contributed by atoms with Crippen LogP contribution in [0.25, 0.3) is 10.9 Å². The number of pyridine rings is 1. The molecule has 3 aromatic rings. The van der Waals surface area contributed by atoms with Crippen LogP contribution in [0.3, 0.4) is 0 Å². The summed E-state index contributed by atoms with van der Waals surface area (Å²) in [6.45, 7) is 4.19. The summed E-state index contributed by atoms with van der Waals surface area (Å²) in [5.41, 5.74) is 4.03. The van der Waals surface area contributed by atoms with Crippen molar-refractivity contribution in [3.8, 4) is 0 Å². The molecule has 0 radical (unpaired) electrons. The molecule has 4 heteroatoms. The summed E-state index contributed by atoms with van der Waals surface area (Å²) in [5, 5.41) is 3.47. The van der Waals surface area contributed by atoms with E-state index in [0.29, 0.717) is 11.1 Å². The first kappa shape index (κ1) is 15.6. The monoisotopic (exact) mass is 332 g/mol. The molecule has 126 valence electrons. The summed E-state index contributed by atoms with van der Waals surface area (Å²) in [6.07, 6.45) is 3.55. The van der Waals surface area contributed by atoms with E-state index in [4.69, 9.17) is 0 Å². The molecule has 1 atom stereocenters. The molecule has 1 aliphatic rings. The molecule has 1 N–H and O–H groups in total. The van der Waals surface area contributed by atoms with Crippen molar-refractivity contribution in [1.29, 1.82) is 0 Å². The summed E-state index contributed by atoms with van der Waals surface area (Å²) >= 11 is 0. The van der Waals surface area contributed by atoms with E-state index >= 15 is 0 Å². The van der Waals surface area contributed by atoms with E-state index in [0.717, 1.165) is 18.4 Å². The highest BCUT2D eigenvalue weighted by Crippen LogP contribution is 2.30. The molecule has 4 rings (SSSR count). The fraction of sp³-hybridized carbons (Fsp3) is 0.238. The maximum atomic E-state index is 12.8. The number of benzene rings is 2. The second-order valence-corrected chi connectivity index (χ2v) is 6.65. The van der Waals surface area contributed by atoms with Crippen LogP contribution in [-0.2, 0) is 12.8 Å². The maximum Gasteiger partial charge on any atom is 0.261 e. The number of carbonyl (C=O) groups is 1. The molecule has 1 unspecified atom stereocenters. The Balaban J connectivity index is 1.76. The molecule has 0 bridgehead atoms. The molecule has 1 amide bonds. The number of anilines is 1. The van der Waals surface area contributed by atoms with Crippen LogP contribution >= 0.6 is 0 Å². The third kappa shape index (κ3) is 2.54. The predicted octanol–water partition coefficient (Wildman–Crippen LogP) is 3.93. The quantitative estimate of drug-likeness (QED) is 0.790. The first-order valence-corrected chi connectivity index (χ1v) is 8.65. The number of rotatable bonds is 3. The van der Waals surface area contributed by atoms with E-state index in [2.05, 4.69) is 29.8 Å². The van der Waals surface area contributed by atoms with Gasteiger partial charge >= 0.3 is 0 Å². The standard InChI is InChI=1S/C21H20N2O2/c1-3-14-7-9-16(10-8-14)22-21(25)18-12-23-13(2)11-15-5-4-6-17(19(15)23)20(18)24/h4-10,12-13H,3,11H2,1-2H3,(H,22,25). The number of aryl methyl sites for hydroxylation is 1. The van der Waals surface area contributed by atoms with E-state index in [-0.39, 0.29) is 22.9 Å². The largest absolute Gasteiger partial charge is 0.343 e. The smallest absolute Gasteiger partial charge is 0.261 e. The van der Waals surface area contributed by atoms with Crippen LogP contribution in [-0.4, -0.2) is 10.5 Å². The minimum atomic E-state index is -0.357. The lowest BCUT2D eigenvalue weighted by atomic mass is 10.1. The van der Waals surface area contributed by atoms with Crippen molar-refractivity contribution in [3.05, 3.63) is 75.6 Å². The predicted molar refractivity (Wildman–Crippen MR) is 100 cm³/mol. The third-order valence-corrected chi connectivity index (χ3v) is 4.99. The van der Waals surface area contributed by atoms with Crippen LogP contribution in [0.5, 0.6) is 0 Å². The van der Waals surface area contributed by atoms with E-state index in [1.807, 2.05) is 36.4 Å². The van der Waals surface area contributed by atoms with Crippen molar-refractivity contribution < 1.29 is 4.79 Å². The van der Waals surface area contributed by atoms with Crippen LogP contribution in [0.1, 0.15) is 41.4 Å². The summed E-state index contributed by atoms with van der Waals surface area (Å²) in [7, 11) is 0. The lowest BCUT2D eigenvalue weighted by molar-refractivity contribution is 0.102. The van der Waals surface area contributed by atoms with Gasteiger partial charge in [0, 0.05) is 23.3 Å². The highest BCUT2D eigenvalue weighted by molar-refractivity contribution is 6.06. The SMILES string of the molecule is CCc1ccc(NC(=O)c2cn3c4c(cccc4c2=O)CC3C)cc1. The van der Waals surface area contributed by atoms with Gasteiger partial charge in [0.15, 0.2) is 0 Å². The summed E-state index contributed by atoms with van der Waals surface area (Å²) in [6, 6.07) is 13.7. The van der Waals surface area contributed by atoms with Crippen molar-refractivity contribution in [2.75, 3.05) is 5.32 Å². The van der Waals surface area contributed by atoms with Gasteiger partial charge in [0.25, 0.3) is 5.91 Å². The van der Waals surface area contributed by atoms with Gasteiger partial charge in [-0.15, -0.1) is 0 Å². The van der Waals surface area contributed by atoms with Gasteiger partial charge in [-0.25, -0.2) is 0 Å². The zero-order chi connectivity index (χ0) is 17.6. The van der Waals surface area contributed by atoms with Crippen LogP contribution < -0.4 is 10.7 Å². The summed E-state index contributed by atoms with van der Waals surface area (Å²) in [4.78, 5) is 25.5. The molecule has 25 heavy (non-hydrogen) atoms. The Morgan fingerprint density at radius 1 is 1.20 bits per heavy atom. The van der Waals surface area contributed by atoms with E-state index in [1.165, 1.54) is 11.1 Å². The number of hydrogen-bond donors (Lipinski definition) is 1. The van der Waals surface area contributed by atoms with Crippen molar-refractivity contribution in [2.45, 2.75) is 32.7 Å². The van der Waals surface area contributed by atoms with Crippen molar-refractivity contribution in [3.63, 3.8) is 0 Å². The fourth-order valence-corrected chi connectivity index (χ4v) is 3.60. The maximum absolute atomic E-state index is 12.8. The van der Waals surface area contributed by atoms with E-state index in [9.17, 15) is 9.59 Å². The Morgan fingerprint density at radius 3 is 2.68 bits per heavy atom. The average molecular weight is 332 g/mol.